The molecule has 0 fully saturated rings. The van der Waals surface area contributed by atoms with Crippen molar-refractivity contribution in [2.24, 2.45) is 0 Å². The van der Waals surface area contributed by atoms with E-state index in [2.05, 4.69) is 82.4 Å². The van der Waals surface area contributed by atoms with Crippen LogP contribution in [0.1, 0.15) is 56.2 Å². The zero-order chi connectivity index (χ0) is 17.5. The molecule has 0 aliphatic heterocycles. The van der Waals surface area contributed by atoms with E-state index in [0.717, 1.165) is 30.8 Å². The topological polar surface area (TPSA) is 21.3 Å². The summed E-state index contributed by atoms with van der Waals surface area (Å²) in [5.74, 6) is 1.55. The number of hydrogen-bond donors (Lipinski definition) is 1. The van der Waals surface area contributed by atoms with Crippen LogP contribution in [0.2, 0.25) is 0 Å². The van der Waals surface area contributed by atoms with Gasteiger partial charge in [-0.3, -0.25) is 0 Å². The van der Waals surface area contributed by atoms with Crippen molar-refractivity contribution in [2.75, 3.05) is 11.9 Å². The minimum Gasteiger partial charge on any atom is -0.488 e. The Labute approximate surface area is 147 Å². The van der Waals surface area contributed by atoms with E-state index in [1.807, 2.05) is 0 Å². The highest BCUT2D eigenvalue weighted by molar-refractivity contribution is 5.48. The molecule has 1 N–H and O–H groups in total. The number of anilines is 1. The summed E-state index contributed by atoms with van der Waals surface area (Å²) >= 11 is 0. The van der Waals surface area contributed by atoms with E-state index in [4.69, 9.17) is 4.74 Å². The van der Waals surface area contributed by atoms with Gasteiger partial charge in [0.1, 0.15) is 11.9 Å². The van der Waals surface area contributed by atoms with E-state index in [1.54, 1.807) is 0 Å². The largest absolute Gasteiger partial charge is 0.488 e. The van der Waals surface area contributed by atoms with E-state index in [-0.39, 0.29) is 6.10 Å². The fourth-order valence-corrected chi connectivity index (χ4v) is 2.75. The molecule has 130 valence electrons. The second-order valence-corrected chi connectivity index (χ2v) is 6.68. The third-order valence-corrected chi connectivity index (χ3v) is 4.85. The Balaban J connectivity index is 2.03. The van der Waals surface area contributed by atoms with E-state index in [9.17, 15) is 0 Å². The number of aryl methyl sites for hydroxylation is 2. The highest BCUT2D eigenvalue weighted by Gasteiger charge is 2.14. The zero-order valence-electron chi connectivity index (χ0n) is 15.7. The van der Waals surface area contributed by atoms with Crippen LogP contribution in [0.3, 0.4) is 0 Å². The highest BCUT2D eigenvalue weighted by Crippen LogP contribution is 2.29. The Morgan fingerprint density at radius 2 is 1.71 bits per heavy atom. The molecule has 0 saturated carbocycles. The number of benzene rings is 2. The van der Waals surface area contributed by atoms with Gasteiger partial charge in [-0.1, -0.05) is 45.0 Å². The normalized spacial score (nSPS) is 13.4. The lowest BCUT2D eigenvalue weighted by atomic mass is 9.98. The molecule has 2 aromatic carbocycles. The first-order valence-corrected chi connectivity index (χ1v) is 9.11. The molecule has 0 aliphatic rings. The number of nitrogens with one attached hydrogen (secondary N) is 1. The van der Waals surface area contributed by atoms with Crippen molar-refractivity contribution in [1.29, 1.82) is 0 Å². The Kier molecular flexibility index (Phi) is 6.72. The predicted octanol–water partition coefficient (Wildman–Crippen LogP) is 6.09. The lowest BCUT2D eigenvalue weighted by Crippen LogP contribution is -2.26. The third kappa shape index (κ3) is 4.77. The van der Waals surface area contributed by atoms with Gasteiger partial charge in [0.25, 0.3) is 0 Å². The summed E-state index contributed by atoms with van der Waals surface area (Å²) in [7, 11) is 0. The average molecular weight is 325 g/mol. The van der Waals surface area contributed by atoms with Gasteiger partial charge >= 0.3 is 0 Å². The van der Waals surface area contributed by atoms with Crippen LogP contribution in [0.4, 0.5) is 5.69 Å². The average Bonchev–Trinajstić information content (AvgIpc) is 2.61. The lowest BCUT2D eigenvalue weighted by Gasteiger charge is -2.22. The molecule has 2 nitrogen and oxygen atoms in total. The van der Waals surface area contributed by atoms with Crippen LogP contribution in [-0.2, 0) is 0 Å². The molecule has 24 heavy (non-hydrogen) atoms. The molecule has 0 amide bonds. The Hall–Kier alpha value is -1.96. The van der Waals surface area contributed by atoms with Crippen LogP contribution in [0.5, 0.6) is 5.75 Å². The molecule has 0 bridgehead atoms. The molecule has 0 saturated heterocycles. The second-order valence-electron chi connectivity index (χ2n) is 6.68. The van der Waals surface area contributed by atoms with Crippen molar-refractivity contribution in [3.63, 3.8) is 0 Å². The van der Waals surface area contributed by atoms with Crippen molar-refractivity contribution in [3.8, 4) is 5.75 Å². The van der Waals surface area contributed by atoms with E-state index in [0.29, 0.717) is 5.92 Å². The van der Waals surface area contributed by atoms with Gasteiger partial charge in [-0.25, -0.2) is 0 Å². The first-order valence-electron chi connectivity index (χ1n) is 9.11. The van der Waals surface area contributed by atoms with Crippen LogP contribution in [0.15, 0.2) is 42.5 Å². The molecular formula is C22H31NO. The number of hydrogen-bond acceptors (Lipinski definition) is 2. The predicted molar refractivity (Wildman–Crippen MR) is 104 cm³/mol. The molecular weight excluding hydrogens is 294 g/mol. The van der Waals surface area contributed by atoms with Gasteiger partial charge in [-0.05, 0) is 67.5 Å². The van der Waals surface area contributed by atoms with Gasteiger partial charge in [0.2, 0.25) is 0 Å². The van der Waals surface area contributed by atoms with Crippen LogP contribution in [-0.4, -0.2) is 12.6 Å². The SMILES string of the molecule is CCC(CNc1ccc(C)c(C)c1)Oc1ccccc1C(C)CC. The van der Waals surface area contributed by atoms with Crippen molar-refractivity contribution in [3.05, 3.63) is 59.2 Å². The first kappa shape index (κ1) is 18.4. The Morgan fingerprint density at radius 3 is 2.38 bits per heavy atom. The Morgan fingerprint density at radius 1 is 0.958 bits per heavy atom. The van der Waals surface area contributed by atoms with E-state index >= 15 is 0 Å². The smallest absolute Gasteiger partial charge is 0.123 e. The quantitative estimate of drug-likeness (QED) is 0.634. The summed E-state index contributed by atoms with van der Waals surface area (Å²) in [5, 5.41) is 3.52. The van der Waals surface area contributed by atoms with Gasteiger partial charge < -0.3 is 10.1 Å². The molecule has 2 atom stereocenters. The maximum Gasteiger partial charge on any atom is 0.123 e. The van der Waals surface area contributed by atoms with Crippen molar-refractivity contribution < 1.29 is 4.74 Å². The molecule has 0 radical (unpaired) electrons. The van der Waals surface area contributed by atoms with Crippen LogP contribution in [0, 0.1) is 13.8 Å². The Bertz CT molecular complexity index is 650. The van der Waals surface area contributed by atoms with Crippen molar-refractivity contribution in [1.82, 2.24) is 0 Å². The summed E-state index contributed by atoms with van der Waals surface area (Å²) in [6, 6.07) is 15.0. The zero-order valence-corrected chi connectivity index (χ0v) is 15.7. The fraction of sp³-hybridized carbons (Fsp3) is 0.455. The summed E-state index contributed by atoms with van der Waals surface area (Å²) in [4.78, 5) is 0. The molecule has 2 aromatic rings. The molecule has 2 rings (SSSR count). The van der Waals surface area contributed by atoms with Gasteiger partial charge in [-0.2, -0.15) is 0 Å². The minimum absolute atomic E-state index is 0.164. The summed E-state index contributed by atoms with van der Waals surface area (Å²) in [5.41, 5.74) is 5.11. The molecule has 0 aliphatic carbocycles. The first-order chi connectivity index (χ1) is 11.5. The standard InChI is InChI=1S/C22H31NO/c1-6-16(3)21-10-8-9-11-22(21)24-20(7-2)15-23-19-13-12-17(4)18(5)14-19/h8-14,16,20,23H,6-7,15H2,1-5H3. The van der Waals surface area contributed by atoms with Crippen molar-refractivity contribution in [2.45, 2.75) is 59.5 Å². The summed E-state index contributed by atoms with van der Waals surface area (Å²) in [6.45, 7) is 11.8. The summed E-state index contributed by atoms with van der Waals surface area (Å²) < 4.78 is 6.33. The molecule has 0 aromatic heterocycles. The van der Waals surface area contributed by atoms with Gasteiger partial charge in [-0.15, -0.1) is 0 Å². The lowest BCUT2D eigenvalue weighted by molar-refractivity contribution is 0.207. The van der Waals surface area contributed by atoms with E-state index < -0.39 is 0 Å². The molecule has 2 unspecified atom stereocenters. The molecule has 0 spiro atoms. The number of rotatable bonds is 8. The number of para-hydroxylation sites is 1. The van der Waals surface area contributed by atoms with Gasteiger partial charge in [0.05, 0.1) is 6.54 Å². The number of ether oxygens (including phenoxy) is 1. The van der Waals surface area contributed by atoms with E-state index in [1.165, 1.54) is 16.7 Å². The van der Waals surface area contributed by atoms with Gasteiger partial charge in [0, 0.05) is 5.69 Å². The fourth-order valence-electron chi connectivity index (χ4n) is 2.75. The third-order valence-electron chi connectivity index (χ3n) is 4.85. The van der Waals surface area contributed by atoms with Crippen molar-refractivity contribution >= 4 is 5.69 Å². The monoisotopic (exact) mass is 325 g/mol. The second kappa shape index (κ2) is 8.77. The minimum atomic E-state index is 0.164. The molecule has 0 heterocycles. The highest BCUT2D eigenvalue weighted by atomic mass is 16.5. The van der Waals surface area contributed by atoms with Crippen LogP contribution in [0.25, 0.3) is 0 Å². The maximum atomic E-state index is 6.33. The van der Waals surface area contributed by atoms with Crippen LogP contribution >= 0.6 is 0 Å². The molecule has 2 heteroatoms. The van der Waals surface area contributed by atoms with Gasteiger partial charge in [0.15, 0.2) is 0 Å². The summed E-state index contributed by atoms with van der Waals surface area (Å²) in [6.07, 6.45) is 2.27. The maximum absolute atomic E-state index is 6.33. The van der Waals surface area contributed by atoms with Crippen LogP contribution < -0.4 is 10.1 Å².